The number of thioether (sulfide) groups is 1. The van der Waals surface area contributed by atoms with E-state index >= 15 is 0 Å². The molecular weight excluding hydrogens is 178 g/mol. The Labute approximate surface area is 81.7 Å². The Bertz CT molecular complexity index is 470. The maximum absolute atomic E-state index is 2.27. The van der Waals surface area contributed by atoms with Gasteiger partial charge in [0.2, 0.25) is 0 Å². The number of benzene rings is 1. The van der Waals surface area contributed by atoms with Crippen LogP contribution in [0.5, 0.6) is 0 Å². The quantitative estimate of drug-likeness (QED) is 0.617. The Morgan fingerprint density at radius 3 is 3.23 bits per heavy atom. The number of hydrogen-bond acceptors (Lipinski definition) is 1. The van der Waals surface area contributed by atoms with Crippen molar-refractivity contribution in [2.75, 3.05) is 5.75 Å². The Kier molecular flexibility index (Phi) is 1.47. The Morgan fingerprint density at radius 2 is 2.31 bits per heavy atom. The van der Waals surface area contributed by atoms with Gasteiger partial charge in [0, 0.05) is 34.8 Å². The largest absolute Gasteiger partial charge is 0.350 e. The third kappa shape index (κ3) is 0.953. The predicted molar refractivity (Wildman–Crippen MR) is 57.3 cm³/mol. The minimum Gasteiger partial charge on any atom is -0.350 e. The van der Waals surface area contributed by atoms with Gasteiger partial charge < -0.3 is 4.57 Å². The zero-order valence-corrected chi connectivity index (χ0v) is 8.40. The molecule has 2 heteroatoms. The molecule has 13 heavy (non-hydrogen) atoms. The van der Waals surface area contributed by atoms with Gasteiger partial charge in [-0.1, -0.05) is 6.07 Å². The van der Waals surface area contributed by atoms with Gasteiger partial charge in [0.05, 0.1) is 0 Å². The average Bonchev–Trinajstić information content (AvgIpc) is 2.47. The Hall–Kier alpha value is -0.890. The van der Waals surface area contributed by atoms with E-state index in [-0.39, 0.29) is 0 Å². The Morgan fingerprint density at radius 1 is 1.38 bits per heavy atom. The zero-order chi connectivity index (χ0) is 8.84. The Balaban J connectivity index is 2.51. The molecule has 0 spiro atoms. The highest BCUT2D eigenvalue weighted by molar-refractivity contribution is 7.99. The van der Waals surface area contributed by atoms with E-state index in [0.29, 0.717) is 0 Å². The molecule has 0 radical (unpaired) electrons. The molecule has 66 valence electrons. The van der Waals surface area contributed by atoms with Crippen molar-refractivity contribution >= 4 is 22.7 Å². The minimum atomic E-state index is 1.22. The van der Waals surface area contributed by atoms with E-state index in [0.717, 1.165) is 0 Å². The van der Waals surface area contributed by atoms with Gasteiger partial charge in [-0.3, -0.25) is 0 Å². The van der Waals surface area contributed by atoms with Crippen LogP contribution >= 0.6 is 11.8 Å². The summed E-state index contributed by atoms with van der Waals surface area (Å²) < 4.78 is 2.24. The van der Waals surface area contributed by atoms with Gasteiger partial charge in [-0.15, -0.1) is 11.8 Å². The van der Waals surface area contributed by atoms with Crippen LogP contribution in [0, 0.1) is 0 Å². The highest BCUT2D eigenvalue weighted by Crippen LogP contribution is 2.36. The summed E-state index contributed by atoms with van der Waals surface area (Å²) in [6.07, 6.45) is 3.49. The lowest BCUT2D eigenvalue weighted by Crippen LogP contribution is -1.93. The molecule has 0 amide bonds. The van der Waals surface area contributed by atoms with Crippen LogP contribution in [0.2, 0.25) is 0 Å². The second-order valence-corrected chi connectivity index (χ2v) is 4.65. The topological polar surface area (TPSA) is 4.93 Å². The third-order valence-corrected chi connectivity index (χ3v) is 3.74. The summed E-state index contributed by atoms with van der Waals surface area (Å²) in [4.78, 5) is 1.46. The van der Waals surface area contributed by atoms with E-state index < -0.39 is 0 Å². The normalized spacial score (nSPS) is 15.2. The average molecular weight is 189 g/mol. The van der Waals surface area contributed by atoms with E-state index in [2.05, 4.69) is 36.0 Å². The van der Waals surface area contributed by atoms with Crippen molar-refractivity contribution in [3.05, 3.63) is 30.0 Å². The molecule has 0 bridgehead atoms. The summed E-state index contributed by atoms with van der Waals surface area (Å²) in [6, 6.07) is 6.59. The van der Waals surface area contributed by atoms with Gasteiger partial charge in [-0.05, 0) is 24.1 Å². The maximum atomic E-state index is 2.27. The fourth-order valence-corrected chi connectivity index (χ4v) is 3.18. The molecule has 1 aromatic carbocycles. The molecule has 0 fully saturated rings. The number of aryl methyl sites for hydroxylation is 2. The van der Waals surface area contributed by atoms with Crippen molar-refractivity contribution in [1.82, 2.24) is 4.57 Å². The van der Waals surface area contributed by atoms with Crippen LogP contribution in [0.15, 0.2) is 29.3 Å². The molecule has 0 atom stereocenters. The first kappa shape index (κ1) is 7.51. The summed E-state index contributed by atoms with van der Waals surface area (Å²) in [7, 11) is 2.13. The second-order valence-electron chi connectivity index (χ2n) is 3.51. The summed E-state index contributed by atoms with van der Waals surface area (Å²) in [5, 5.41) is 1.49. The van der Waals surface area contributed by atoms with Gasteiger partial charge in [0.1, 0.15) is 0 Å². The van der Waals surface area contributed by atoms with E-state index in [1.165, 1.54) is 33.5 Å². The van der Waals surface area contributed by atoms with Crippen molar-refractivity contribution in [3.8, 4) is 0 Å². The first-order valence-electron chi connectivity index (χ1n) is 4.56. The highest BCUT2D eigenvalue weighted by Gasteiger charge is 2.14. The van der Waals surface area contributed by atoms with Crippen LogP contribution < -0.4 is 0 Å². The van der Waals surface area contributed by atoms with Gasteiger partial charge in [0.15, 0.2) is 0 Å². The molecule has 1 aliphatic heterocycles. The van der Waals surface area contributed by atoms with Crippen LogP contribution in [-0.4, -0.2) is 10.3 Å². The molecule has 1 aliphatic rings. The highest BCUT2D eigenvalue weighted by atomic mass is 32.2. The van der Waals surface area contributed by atoms with Gasteiger partial charge in [0.25, 0.3) is 0 Å². The number of hydrogen-bond donors (Lipinski definition) is 0. The van der Waals surface area contributed by atoms with Crippen LogP contribution in [0.4, 0.5) is 0 Å². The monoisotopic (exact) mass is 189 g/mol. The lowest BCUT2D eigenvalue weighted by atomic mass is 10.1. The van der Waals surface area contributed by atoms with Crippen molar-refractivity contribution in [1.29, 1.82) is 0 Å². The fraction of sp³-hybridized carbons (Fsp3) is 0.273. The zero-order valence-electron chi connectivity index (χ0n) is 7.58. The molecular formula is C11H11NS. The lowest BCUT2D eigenvalue weighted by molar-refractivity contribution is 0.956. The molecule has 0 N–H and O–H groups in total. The summed E-state index contributed by atoms with van der Waals surface area (Å²) in [5.41, 5.74) is 2.89. The van der Waals surface area contributed by atoms with E-state index in [1.54, 1.807) is 0 Å². The molecule has 0 saturated heterocycles. The number of aromatic nitrogens is 1. The van der Waals surface area contributed by atoms with E-state index in [9.17, 15) is 0 Å². The molecule has 0 saturated carbocycles. The smallest absolute Gasteiger partial charge is 0.0491 e. The molecule has 0 unspecified atom stereocenters. The number of rotatable bonds is 0. The van der Waals surface area contributed by atoms with Crippen molar-refractivity contribution in [2.45, 2.75) is 11.3 Å². The van der Waals surface area contributed by atoms with Crippen molar-refractivity contribution in [3.63, 3.8) is 0 Å². The van der Waals surface area contributed by atoms with Crippen LogP contribution in [0.1, 0.15) is 5.56 Å². The summed E-state index contributed by atoms with van der Waals surface area (Å²) in [6.45, 7) is 0. The van der Waals surface area contributed by atoms with E-state index in [4.69, 9.17) is 0 Å². The predicted octanol–water partition coefficient (Wildman–Crippen LogP) is 2.83. The first-order valence-corrected chi connectivity index (χ1v) is 5.54. The molecule has 2 heterocycles. The minimum absolute atomic E-state index is 1.22. The SMILES string of the molecule is Cn1cc2c3c(cccc31)SCC2. The van der Waals surface area contributed by atoms with Gasteiger partial charge in [-0.25, -0.2) is 0 Å². The standard InChI is InChI=1S/C11H11NS/c1-12-7-8-5-6-13-10-4-2-3-9(12)11(8)10/h2-4,7H,5-6H2,1H3. The molecule has 3 rings (SSSR count). The molecule has 2 aromatic rings. The van der Waals surface area contributed by atoms with Crippen molar-refractivity contribution in [2.24, 2.45) is 7.05 Å². The van der Waals surface area contributed by atoms with Crippen LogP contribution in [0.25, 0.3) is 10.9 Å². The molecule has 0 aliphatic carbocycles. The fourth-order valence-electron chi connectivity index (χ4n) is 2.08. The van der Waals surface area contributed by atoms with Gasteiger partial charge in [-0.2, -0.15) is 0 Å². The van der Waals surface area contributed by atoms with Crippen molar-refractivity contribution < 1.29 is 0 Å². The van der Waals surface area contributed by atoms with Crippen LogP contribution in [-0.2, 0) is 13.5 Å². The van der Waals surface area contributed by atoms with Crippen LogP contribution in [0.3, 0.4) is 0 Å². The summed E-state index contributed by atoms with van der Waals surface area (Å²) in [5.74, 6) is 1.23. The van der Waals surface area contributed by atoms with Gasteiger partial charge >= 0.3 is 0 Å². The third-order valence-electron chi connectivity index (χ3n) is 2.68. The van der Waals surface area contributed by atoms with E-state index in [1.807, 2.05) is 11.8 Å². The first-order chi connectivity index (χ1) is 6.36. The lowest BCUT2D eigenvalue weighted by Gasteiger charge is -2.10. The maximum Gasteiger partial charge on any atom is 0.0491 e. The summed E-state index contributed by atoms with van der Waals surface area (Å²) >= 11 is 1.98. The molecule has 1 nitrogen and oxygen atoms in total. The molecule has 1 aromatic heterocycles. The second kappa shape index (κ2) is 2.55. The number of nitrogens with zero attached hydrogens (tertiary/aromatic N) is 1.